The number of nitrogens with zero attached hydrogens (tertiary/aromatic N) is 2. The van der Waals surface area contributed by atoms with Crippen LogP contribution < -0.4 is 5.32 Å². The predicted molar refractivity (Wildman–Crippen MR) is 74.9 cm³/mol. The van der Waals surface area contributed by atoms with Crippen molar-refractivity contribution in [3.63, 3.8) is 0 Å². The second-order valence-corrected chi connectivity index (χ2v) is 4.29. The first-order chi connectivity index (χ1) is 9.15. The summed E-state index contributed by atoms with van der Waals surface area (Å²) < 4.78 is 0. The Hall–Kier alpha value is -1.79. The van der Waals surface area contributed by atoms with E-state index in [2.05, 4.69) is 5.32 Å². The van der Waals surface area contributed by atoms with Gasteiger partial charge in [0.15, 0.2) is 5.57 Å². The van der Waals surface area contributed by atoms with Crippen LogP contribution in [0.1, 0.15) is 18.4 Å². The third kappa shape index (κ3) is 3.85. The maximum absolute atomic E-state index is 11.9. The van der Waals surface area contributed by atoms with Gasteiger partial charge in [-0.2, -0.15) is 10.5 Å². The van der Waals surface area contributed by atoms with Crippen LogP contribution in [-0.4, -0.2) is 40.6 Å². The Labute approximate surface area is 138 Å². The molecule has 2 rings (SSSR count). The summed E-state index contributed by atoms with van der Waals surface area (Å²) in [6.45, 7) is 0. The summed E-state index contributed by atoms with van der Waals surface area (Å²) in [4.78, 5) is 11.9. The van der Waals surface area contributed by atoms with Gasteiger partial charge in [-0.05, 0) is 37.1 Å². The average Bonchev–Trinajstić information content (AvgIpc) is 3.24. The Morgan fingerprint density at radius 3 is 2.30 bits per heavy atom. The number of amides is 1. The molecule has 0 unspecified atom stereocenters. The van der Waals surface area contributed by atoms with Crippen LogP contribution in [0.25, 0.3) is 0 Å². The minimum atomic E-state index is -0.628. The zero-order valence-electron chi connectivity index (χ0n) is 10.1. The van der Waals surface area contributed by atoms with Crippen LogP contribution in [0.15, 0.2) is 35.6 Å². The van der Waals surface area contributed by atoms with Crippen LogP contribution in [0.4, 0.5) is 5.69 Å². The van der Waals surface area contributed by atoms with Gasteiger partial charge in [-0.15, -0.1) is 0 Å². The zero-order chi connectivity index (χ0) is 13.8. The molecule has 1 aliphatic rings. The summed E-state index contributed by atoms with van der Waals surface area (Å²) in [5, 5.41) is 29.8. The molecule has 0 saturated heterocycles. The van der Waals surface area contributed by atoms with Crippen molar-refractivity contribution in [2.45, 2.75) is 12.8 Å². The third-order valence-corrected chi connectivity index (χ3v) is 2.83. The van der Waals surface area contributed by atoms with E-state index < -0.39 is 5.91 Å². The van der Waals surface area contributed by atoms with E-state index in [0.29, 0.717) is 11.3 Å². The molecule has 0 radical (unpaired) electrons. The fourth-order valence-electron chi connectivity index (χ4n) is 1.61. The number of hydrogen-bond acceptors (Lipinski definition) is 4. The standard InChI is InChI=1S/C14H11N3O2.Na.H/c15-7-9-1-5-11(6-2-9)17-14(19)12(8-16)13(18)10-3-4-10;;/h1-2,5-6,10,18H,3-4H2,(H,17,19);;. The minimum absolute atomic E-state index is 0. The molecule has 1 fully saturated rings. The quantitative estimate of drug-likeness (QED) is 0.379. The topological polar surface area (TPSA) is 96.9 Å². The molecule has 0 heterocycles. The van der Waals surface area contributed by atoms with Gasteiger partial charge in [0, 0.05) is 11.6 Å². The van der Waals surface area contributed by atoms with Crippen molar-refractivity contribution in [3.8, 4) is 12.1 Å². The number of aliphatic hydroxyl groups excluding tert-OH is 1. The second kappa shape index (κ2) is 7.12. The van der Waals surface area contributed by atoms with Crippen LogP contribution >= 0.6 is 0 Å². The average molecular weight is 277 g/mol. The maximum atomic E-state index is 11.9. The Kier molecular flexibility index (Phi) is 5.79. The number of rotatable bonds is 3. The van der Waals surface area contributed by atoms with E-state index in [1.54, 1.807) is 30.3 Å². The van der Waals surface area contributed by atoms with E-state index in [9.17, 15) is 9.90 Å². The summed E-state index contributed by atoms with van der Waals surface area (Å²) in [6.07, 6.45) is 1.61. The van der Waals surface area contributed by atoms with Crippen LogP contribution in [0, 0.1) is 28.6 Å². The summed E-state index contributed by atoms with van der Waals surface area (Å²) in [5.74, 6) is -0.813. The molecule has 6 heteroatoms. The van der Waals surface area contributed by atoms with Crippen LogP contribution in [-0.2, 0) is 4.79 Å². The Morgan fingerprint density at radius 1 is 1.25 bits per heavy atom. The van der Waals surface area contributed by atoms with Gasteiger partial charge in [0.05, 0.1) is 11.6 Å². The Bertz CT molecular complexity index is 619. The predicted octanol–water partition coefficient (Wildman–Crippen LogP) is 1.59. The van der Waals surface area contributed by atoms with Crippen molar-refractivity contribution >= 4 is 41.2 Å². The van der Waals surface area contributed by atoms with Gasteiger partial charge >= 0.3 is 29.6 Å². The summed E-state index contributed by atoms with van der Waals surface area (Å²) in [7, 11) is 0. The van der Waals surface area contributed by atoms with Gasteiger partial charge in [0.2, 0.25) is 0 Å². The monoisotopic (exact) mass is 277 g/mol. The number of anilines is 1. The molecule has 0 aromatic heterocycles. The normalized spacial score (nSPS) is 14.1. The number of benzene rings is 1. The Morgan fingerprint density at radius 2 is 1.85 bits per heavy atom. The molecule has 0 bridgehead atoms. The van der Waals surface area contributed by atoms with Crippen LogP contribution in [0.3, 0.4) is 0 Å². The fourth-order valence-corrected chi connectivity index (χ4v) is 1.61. The number of carbonyl (C=O) groups is 1. The SMILES string of the molecule is N#CC(C(=O)Nc1ccc(C#N)cc1)=C(O)C1CC1.[NaH]. The molecule has 1 amide bonds. The second-order valence-electron chi connectivity index (χ2n) is 4.29. The molecular weight excluding hydrogens is 265 g/mol. The third-order valence-electron chi connectivity index (χ3n) is 2.83. The van der Waals surface area contributed by atoms with Gasteiger partial charge in [0.25, 0.3) is 5.91 Å². The number of nitriles is 2. The van der Waals surface area contributed by atoms with E-state index in [4.69, 9.17) is 10.5 Å². The van der Waals surface area contributed by atoms with Gasteiger partial charge in [-0.25, -0.2) is 0 Å². The molecule has 1 aliphatic carbocycles. The van der Waals surface area contributed by atoms with Crippen molar-refractivity contribution in [1.82, 2.24) is 0 Å². The summed E-state index contributed by atoms with van der Waals surface area (Å²) in [5.41, 5.74) is 0.710. The van der Waals surface area contributed by atoms with Crippen molar-refractivity contribution in [2.24, 2.45) is 5.92 Å². The molecule has 5 nitrogen and oxygen atoms in total. The number of nitrogens with one attached hydrogen (secondary N) is 1. The van der Waals surface area contributed by atoms with Gasteiger partial charge in [-0.3, -0.25) is 4.79 Å². The van der Waals surface area contributed by atoms with E-state index in [1.165, 1.54) is 0 Å². The van der Waals surface area contributed by atoms with E-state index >= 15 is 0 Å². The molecule has 96 valence electrons. The molecule has 2 N–H and O–H groups in total. The molecule has 1 saturated carbocycles. The number of allylic oxidation sites excluding steroid dienone is 1. The van der Waals surface area contributed by atoms with E-state index in [-0.39, 0.29) is 46.8 Å². The molecule has 20 heavy (non-hydrogen) atoms. The van der Waals surface area contributed by atoms with E-state index in [1.807, 2.05) is 6.07 Å². The van der Waals surface area contributed by atoms with E-state index in [0.717, 1.165) is 12.8 Å². The van der Waals surface area contributed by atoms with Gasteiger partial charge < -0.3 is 10.4 Å². The number of aliphatic hydroxyl groups is 1. The first kappa shape index (κ1) is 16.3. The number of hydrogen-bond donors (Lipinski definition) is 2. The first-order valence-corrected chi connectivity index (χ1v) is 5.80. The fraction of sp³-hybridized carbons (Fsp3) is 0.214. The Balaban J connectivity index is 0.00000200. The zero-order valence-corrected chi connectivity index (χ0v) is 10.1. The molecule has 1 aromatic rings. The van der Waals surface area contributed by atoms with Gasteiger partial charge in [0.1, 0.15) is 11.8 Å². The van der Waals surface area contributed by atoms with Crippen LogP contribution in [0.5, 0.6) is 0 Å². The molecular formula is C14H12N3NaO2. The summed E-state index contributed by atoms with van der Waals surface area (Å²) >= 11 is 0. The molecule has 0 aliphatic heterocycles. The molecule has 1 aromatic carbocycles. The summed E-state index contributed by atoms with van der Waals surface area (Å²) in [6, 6.07) is 9.96. The van der Waals surface area contributed by atoms with Gasteiger partial charge in [-0.1, -0.05) is 0 Å². The number of carbonyl (C=O) groups excluding carboxylic acids is 1. The molecule has 0 atom stereocenters. The van der Waals surface area contributed by atoms with Crippen molar-refractivity contribution in [2.75, 3.05) is 5.32 Å². The first-order valence-electron chi connectivity index (χ1n) is 5.80. The van der Waals surface area contributed by atoms with Crippen molar-refractivity contribution in [3.05, 3.63) is 41.2 Å². The van der Waals surface area contributed by atoms with Crippen molar-refractivity contribution < 1.29 is 9.90 Å². The van der Waals surface area contributed by atoms with Crippen molar-refractivity contribution in [1.29, 1.82) is 10.5 Å². The molecule has 0 spiro atoms. The van der Waals surface area contributed by atoms with Crippen LogP contribution in [0.2, 0.25) is 0 Å².